The SMILES string of the molecule is COc1cc(OC)cc(C(=O)NC2CC(=O)N(c3ccc4c(c3)OCCO4)C2)c1. The zero-order valence-electron chi connectivity index (χ0n) is 16.3. The van der Waals surface area contributed by atoms with Crippen molar-refractivity contribution in [1.29, 1.82) is 0 Å². The first kappa shape index (κ1) is 18.9. The van der Waals surface area contributed by atoms with E-state index in [1.54, 1.807) is 35.2 Å². The van der Waals surface area contributed by atoms with Gasteiger partial charge in [0, 0.05) is 36.3 Å². The second-order valence-electron chi connectivity index (χ2n) is 6.81. The van der Waals surface area contributed by atoms with Crippen LogP contribution in [0.1, 0.15) is 16.8 Å². The lowest BCUT2D eigenvalue weighted by molar-refractivity contribution is -0.117. The molecular weight excluding hydrogens is 376 g/mol. The first-order chi connectivity index (χ1) is 14.1. The molecule has 2 heterocycles. The first-order valence-electron chi connectivity index (χ1n) is 9.31. The molecule has 0 radical (unpaired) electrons. The molecule has 1 N–H and O–H groups in total. The van der Waals surface area contributed by atoms with Gasteiger partial charge in [-0.1, -0.05) is 0 Å². The zero-order valence-corrected chi connectivity index (χ0v) is 16.3. The summed E-state index contributed by atoms with van der Waals surface area (Å²) >= 11 is 0. The van der Waals surface area contributed by atoms with Crippen LogP contribution in [0.3, 0.4) is 0 Å². The normalized spacial score (nSPS) is 17.8. The van der Waals surface area contributed by atoms with Crippen LogP contribution in [0.5, 0.6) is 23.0 Å². The fourth-order valence-corrected chi connectivity index (χ4v) is 3.46. The van der Waals surface area contributed by atoms with E-state index in [0.29, 0.717) is 48.3 Å². The van der Waals surface area contributed by atoms with Gasteiger partial charge >= 0.3 is 0 Å². The molecule has 1 atom stereocenters. The molecule has 4 rings (SSSR count). The summed E-state index contributed by atoms with van der Waals surface area (Å²) in [4.78, 5) is 26.9. The Labute approximate surface area is 168 Å². The number of methoxy groups -OCH3 is 2. The van der Waals surface area contributed by atoms with Crippen LogP contribution in [-0.2, 0) is 4.79 Å². The van der Waals surface area contributed by atoms with Gasteiger partial charge in [-0.15, -0.1) is 0 Å². The number of carbonyl (C=O) groups excluding carboxylic acids is 2. The van der Waals surface area contributed by atoms with E-state index in [9.17, 15) is 9.59 Å². The summed E-state index contributed by atoms with van der Waals surface area (Å²) in [5, 5.41) is 2.92. The standard InChI is InChI=1S/C21H22N2O6/c1-26-16-7-13(8-17(11-16)27-2)21(25)22-14-9-20(24)23(12-14)15-3-4-18-19(10-15)29-6-5-28-18/h3-4,7-8,10-11,14H,5-6,9,12H2,1-2H3,(H,22,25). The predicted molar refractivity (Wildman–Crippen MR) is 105 cm³/mol. The molecule has 2 aliphatic heterocycles. The fraction of sp³-hybridized carbons (Fsp3) is 0.333. The van der Waals surface area contributed by atoms with Crippen LogP contribution in [-0.4, -0.2) is 51.8 Å². The second-order valence-corrected chi connectivity index (χ2v) is 6.81. The minimum Gasteiger partial charge on any atom is -0.497 e. The number of hydrogen-bond donors (Lipinski definition) is 1. The van der Waals surface area contributed by atoms with E-state index in [1.165, 1.54) is 14.2 Å². The maximum absolute atomic E-state index is 12.7. The van der Waals surface area contributed by atoms with Gasteiger partial charge in [0.2, 0.25) is 5.91 Å². The van der Waals surface area contributed by atoms with Gasteiger partial charge in [0.05, 0.1) is 20.3 Å². The van der Waals surface area contributed by atoms with Gasteiger partial charge in [-0.3, -0.25) is 9.59 Å². The number of nitrogens with one attached hydrogen (secondary N) is 1. The fourth-order valence-electron chi connectivity index (χ4n) is 3.46. The van der Waals surface area contributed by atoms with Gasteiger partial charge in [-0.25, -0.2) is 0 Å². The molecule has 0 aromatic heterocycles. The van der Waals surface area contributed by atoms with Crippen molar-refractivity contribution < 1.29 is 28.5 Å². The van der Waals surface area contributed by atoms with Crippen LogP contribution in [0.2, 0.25) is 0 Å². The number of carbonyl (C=O) groups is 2. The largest absolute Gasteiger partial charge is 0.497 e. The molecule has 0 bridgehead atoms. The minimum atomic E-state index is -0.305. The Morgan fingerprint density at radius 3 is 2.41 bits per heavy atom. The highest BCUT2D eigenvalue weighted by atomic mass is 16.6. The highest BCUT2D eigenvalue weighted by Crippen LogP contribution is 2.35. The molecule has 152 valence electrons. The van der Waals surface area contributed by atoms with Crippen LogP contribution in [0.15, 0.2) is 36.4 Å². The lowest BCUT2D eigenvalue weighted by Crippen LogP contribution is -2.37. The average molecular weight is 398 g/mol. The molecule has 2 aromatic carbocycles. The molecule has 1 unspecified atom stereocenters. The molecule has 0 saturated carbocycles. The Morgan fingerprint density at radius 2 is 1.72 bits per heavy atom. The van der Waals surface area contributed by atoms with Gasteiger partial charge in [-0.2, -0.15) is 0 Å². The third-order valence-electron chi connectivity index (χ3n) is 4.91. The van der Waals surface area contributed by atoms with Gasteiger partial charge < -0.3 is 29.2 Å². The van der Waals surface area contributed by atoms with E-state index >= 15 is 0 Å². The number of amides is 2. The number of nitrogens with zero attached hydrogens (tertiary/aromatic N) is 1. The van der Waals surface area contributed by atoms with Crippen molar-refractivity contribution in [1.82, 2.24) is 5.32 Å². The van der Waals surface area contributed by atoms with E-state index in [1.807, 2.05) is 6.07 Å². The lowest BCUT2D eigenvalue weighted by Gasteiger charge is -2.22. The summed E-state index contributed by atoms with van der Waals surface area (Å²) in [6.07, 6.45) is 0.223. The Bertz CT molecular complexity index is 923. The first-order valence-corrected chi connectivity index (χ1v) is 9.31. The molecule has 8 heteroatoms. The van der Waals surface area contributed by atoms with Crippen LogP contribution in [0.25, 0.3) is 0 Å². The average Bonchev–Trinajstić information content (AvgIpc) is 3.12. The summed E-state index contributed by atoms with van der Waals surface area (Å²) in [6, 6.07) is 10.1. The van der Waals surface area contributed by atoms with Crippen molar-refractivity contribution in [3.63, 3.8) is 0 Å². The number of anilines is 1. The predicted octanol–water partition coefficient (Wildman–Crippen LogP) is 2.01. The van der Waals surface area contributed by atoms with Crippen LogP contribution in [0.4, 0.5) is 5.69 Å². The number of benzene rings is 2. The Balaban J connectivity index is 1.46. The molecule has 2 aromatic rings. The zero-order chi connectivity index (χ0) is 20.4. The van der Waals surface area contributed by atoms with Gasteiger partial charge in [-0.05, 0) is 24.3 Å². The summed E-state index contributed by atoms with van der Waals surface area (Å²) in [5.74, 6) is 1.99. The number of fused-ring (bicyclic) bond motifs is 1. The van der Waals surface area contributed by atoms with Crippen molar-refractivity contribution in [2.75, 3.05) is 38.9 Å². The van der Waals surface area contributed by atoms with Crippen molar-refractivity contribution in [2.24, 2.45) is 0 Å². The summed E-state index contributed by atoms with van der Waals surface area (Å²) in [5.41, 5.74) is 1.13. The third-order valence-corrected chi connectivity index (χ3v) is 4.91. The molecule has 2 aliphatic rings. The molecule has 2 amide bonds. The molecule has 29 heavy (non-hydrogen) atoms. The van der Waals surface area contributed by atoms with E-state index in [0.717, 1.165) is 5.69 Å². The van der Waals surface area contributed by atoms with E-state index in [-0.39, 0.29) is 24.3 Å². The number of ether oxygens (including phenoxy) is 4. The summed E-state index contributed by atoms with van der Waals surface area (Å²) in [7, 11) is 3.05. The number of hydrogen-bond acceptors (Lipinski definition) is 6. The quantitative estimate of drug-likeness (QED) is 0.829. The molecule has 8 nitrogen and oxygen atoms in total. The highest BCUT2D eigenvalue weighted by Gasteiger charge is 2.32. The van der Waals surface area contributed by atoms with Crippen LogP contribution in [0, 0.1) is 0 Å². The Morgan fingerprint density at radius 1 is 1.03 bits per heavy atom. The van der Waals surface area contributed by atoms with Crippen molar-refractivity contribution in [3.05, 3.63) is 42.0 Å². The highest BCUT2D eigenvalue weighted by molar-refractivity contribution is 5.99. The smallest absolute Gasteiger partial charge is 0.251 e. The molecule has 0 spiro atoms. The van der Waals surface area contributed by atoms with Crippen molar-refractivity contribution >= 4 is 17.5 Å². The Hall–Kier alpha value is -3.42. The maximum atomic E-state index is 12.7. The molecule has 1 saturated heterocycles. The summed E-state index contributed by atoms with van der Waals surface area (Å²) < 4.78 is 21.5. The van der Waals surface area contributed by atoms with Crippen LogP contribution >= 0.6 is 0 Å². The summed E-state index contributed by atoms with van der Waals surface area (Å²) in [6.45, 7) is 1.37. The van der Waals surface area contributed by atoms with Gasteiger partial charge in [0.1, 0.15) is 24.7 Å². The molecule has 1 fully saturated rings. The second kappa shape index (κ2) is 7.90. The topological polar surface area (TPSA) is 86.3 Å². The van der Waals surface area contributed by atoms with Gasteiger partial charge in [0.15, 0.2) is 11.5 Å². The van der Waals surface area contributed by atoms with E-state index in [2.05, 4.69) is 5.32 Å². The monoisotopic (exact) mass is 398 g/mol. The maximum Gasteiger partial charge on any atom is 0.251 e. The Kier molecular flexibility index (Phi) is 5.16. The van der Waals surface area contributed by atoms with Crippen molar-refractivity contribution in [2.45, 2.75) is 12.5 Å². The minimum absolute atomic E-state index is 0.0600. The molecular formula is C21H22N2O6. The van der Waals surface area contributed by atoms with E-state index in [4.69, 9.17) is 18.9 Å². The van der Waals surface area contributed by atoms with Crippen molar-refractivity contribution in [3.8, 4) is 23.0 Å². The lowest BCUT2D eigenvalue weighted by atomic mass is 10.1. The van der Waals surface area contributed by atoms with Crippen LogP contribution < -0.4 is 29.2 Å². The number of rotatable bonds is 5. The van der Waals surface area contributed by atoms with E-state index < -0.39 is 0 Å². The third kappa shape index (κ3) is 3.91. The van der Waals surface area contributed by atoms with Gasteiger partial charge in [0.25, 0.3) is 5.91 Å². The molecule has 0 aliphatic carbocycles.